The fraction of sp³-hybridized carbons (Fsp3) is 0.300. The van der Waals surface area contributed by atoms with Gasteiger partial charge in [-0.15, -0.1) is 0 Å². The van der Waals surface area contributed by atoms with Crippen molar-refractivity contribution < 1.29 is 23.9 Å². The van der Waals surface area contributed by atoms with E-state index in [1.165, 1.54) is 6.26 Å². The molecule has 17 heavy (non-hydrogen) atoms. The lowest BCUT2D eigenvalue weighted by atomic mass is 9.71. The Kier molecular flexibility index (Phi) is 2.42. The van der Waals surface area contributed by atoms with E-state index in [4.69, 9.17) is 19.2 Å². The molecule has 2 N–H and O–H groups in total. The molecule has 0 unspecified atom stereocenters. The number of carbonyl (C=O) groups is 1. The van der Waals surface area contributed by atoms with Crippen LogP contribution in [0.25, 0.3) is 0 Å². The second-order valence-electron chi connectivity index (χ2n) is 3.88. The van der Waals surface area contributed by atoms with Crippen LogP contribution in [0.4, 0.5) is 4.79 Å². The Morgan fingerprint density at radius 1 is 1.41 bits per heavy atom. The highest BCUT2D eigenvalue weighted by atomic mass is 16.6. The van der Waals surface area contributed by atoms with Gasteiger partial charge in [0, 0.05) is 0 Å². The summed E-state index contributed by atoms with van der Waals surface area (Å²) >= 11 is 0. The fourth-order valence-electron chi connectivity index (χ4n) is 2.16. The minimum Gasteiger partial charge on any atom is -0.495 e. The highest BCUT2D eigenvalue weighted by Gasteiger charge is 2.40. The second-order valence-corrected chi connectivity index (χ2v) is 3.88. The van der Waals surface area contributed by atoms with Gasteiger partial charge in [-0.05, 0) is 16.6 Å². The number of rotatable bonds is 1. The van der Waals surface area contributed by atoms with Crippen LogP contribution < -0.4 is 5.32 Å². The van der Waals surface area contributed by atoms with Crippen LogP contribution in [0.5, 0.6) is 0 Å². The van der Waals surface area contributed by atoms with E-state index in [2.05, 4.69) is 5.32 Å². The summed E-state index contributed by atoms with van der Waals surface area (Å²) in [5.74, 6) is 0. The number of amides is 1. The smallest absolute Gasteiger partial charge is 0.495 e. The molecule has 0 radical (unpaired) electrons. The van der Waals surface area contributed by atoms with Crippen molar-refractivity contribution in [3.05, 3.63) is 34.7 Å². The Bertz CT molecular complexity index is 467. The average Bonchev–Trinajstić information content (AvgIpc) is 2.62. The first-order valence-corrected chi connectivity index (χ1v) is 5.23. The topological polar surface area (TPSA) is 77.0 Å². The van der Waals surface area contributed by atoms with E-state index in [1.54, 1.807) is 0 Å². The maximum atomic E-state index is 10.7. The van der Waals surface area contributed by atoms with Crippen LogP contribution in [-0.4, -0.2) is 38.1 Å². The normalized spacial score (nSPS) is 22.2. The summed E-state index contributed by atoms with van der Waals surface area (Å²) in [7, 11) is -0.398. The SMILES string of the molecule is O=C(O)NC1=COCC2=C3B(OCC=C13)OC2. The molecule has 88 valence electrons. The largest absolute Gasteiger partial charge is 0.495 e. The van der Waals surface area contributed by atoms with Crippen LogP contribution in [-0.2, 0) is 14.0 Å². The Morgan fingerprint density at radius 3 is 3.12 bits per heavy atom. The number of hydrogen-bond acceptors (Lipinski definition) is 4. The Balaban J connectivity index is 2.01. The standard InChI is InChI=1S/C10H10BNO5/c13-10(14)12-8-5-15-3-6-4-17-11-9(6)7(8)1-2-16-11/h1,5,12H,2-4H2,(H,13,14). The molecule has 0 aromatic carbocycles. The summed E-state index contributed by atoms with van der Waals surface area (Å²) in [4.78, 5) is 10.7. The highest BCUT2D eigenvalue weighted by Crippen LogP contribution is 2.34. The quantitative estimate of drug-likeness (QED) is 0.644. The van der Waals surface area contributed by atoms with Gasteiger partial charge >= 0.3 is 13.2 Å². The number of ether oxygens (including phenoxy) is 1. The van der Waals surface area contributed by atoms with Crippen molar-refractivity contribution in [2.75, 3.05) is 19.8 Å². The summed E-state index contributed by atoms with van der Waals surface area (Å²) in [5, 5.41) is 11.1. The van der Waals surface area contributed by atoms with Gasteiger partial charge in [-0.2, -0.15) is 0 Å². The van der Waals surface area contributed by atoms with Gasteiger partial charge in [0.1, 0.15) is 12.9 Å². The first-order valence-electron chi connectivity index (χ1n) is 5.23. The third-order valence-corrected chi connectivity index (χ3v) is 2.84. The maximum Gasteiger partial charge on any atom is 0.495 e. The van der Waals surface area contributed by atoms with Crippen molar-refractivity contribution in [3.8, 4) is 0 Å². The molecule has 3 aliphatic heterocycles. The van der Waals surface area contributed by atoms with Gasteiger partial charge in [-0.1, -0.05) is 6.08 Å². The van der Waals surface area contributed by atoms with Gasteiger partial charge in [0.25, 0.3) is 0 Å². The van der Waals surface area contributed by atoms with E-state index in [9.17, 15) is 4.79 Å². The van der Waals surface area contributed by atoms with E-state index in [1.807, 2.05) is 6.08 Å². The average molecular weight is 235 g/mol. The van der Waals surface area contributed by atoms with Gasteiger partial charge < -0.3 is 19.2 Å². The number of carboxylic acid groups (broad SMARTS) is 1. The molecule has 7 heteroatoms. The molecular formula is C10H10BNO5. The highest BCUT2D eigenvalue weighted by molar-refractivity contribution is 6.57. The molecule has 0 aliphatic carbocycles. The molecule has 0 saturated carbocycles. The maximum absolute atomic E-state index is 10.7. The zero-order chi connectivity index (χ0) is 11.8. The van der Waals surface area contributed by atoms with Crippen LogP contribution in [0, 0.1) is 0 Å². The van der Waals surface area contributed by atoms with Crippen molar-refractivity contribution in [1.82, 2.24) is 5.32 Å². The summed E-state index contributed by atoms with van der Waals surface area (Å²) in [6.07, 6.45) is 2.14. The number of hydrogen-bond donors (Lipinski definition) is 2. The Morgan fingerprint density at radius 2 is 2.29 bits per heavy atom. The predicted octanol–water partition coefficient (Wildman–Crippen LogP) is 0.436. The Hall–Kier alpha value is -1.73. The van der Waals surface area contributed by atoms with E-state index in [0.29, 0.717) is 25.5 Å². The molecule has 1 amide bonds. The summed E-state index contributed by atoms with van der Waals surface area (Å²) in [6.45, 7) is 1.26. The monoisotopic (exact) mass is 235 g/mol. The van der Waals surface area contributed by atoms with Crippen LogP contribution in [0.15, 0.2) is 34.7 Å². The van der Waals surface area contributed by atoms with Crippen LogP contribution in [0.2, 0.25) is 0 Å². The van der Waals surface area contributed by atoms with E-state index in [-0.39, 0.29) is 0 Å². The van der Waals surface area contributed by atoms with Crippen molar-refractivity contribution >= 4 is 13.2 Å². The molecule has 0 aromatic heterocycles. The lowest BCUT2D eigenvalue weighted by Gasteiger charge is -2.19. The van der Waals surface area contributed by atoms with E-state index in [0.717, 1.165) is 16.6 Å². The molecule has 0 bridgehead atoms. The molecule has 0 saturated heterocycles. The van der Waals surface area contributed by atoms with Crippen molar-refractivity contribution in [2.45, 2.75) is 0 Å². The minimum absolute atomic E-state index is 0.398. The third kappa shape index (κ3) is 1.73. The molecule has 6 nitrogen and oxygen atoms in total. The fourth-order valence-corrected chi connectivity index (χ4v) is 2.16. The van der Waals surface area contributed by atoms with E-state index >= 15 is 0 Å². The van der Waals surface area contributed by atoms with Crippen LogP contribution in [0.1, 0.15) is 0 Å². The van der Waals surface area contributed by atoms with Crippen molar-refractivity contribution in [2.24, 2.45) is 0 Å². The number of nitrogens with one attached hydrogen (secondary N) is 1. The zero-order valence-electron chi connectivity index (χ0n) is 8.93. The van der Waals surface area contributed by atoms with Gasteiger partial charge in [-0.25, -0.2) is 4.79 Å². The van der Waals surface area contributed by atoms with Crippen molar-refractivity contribution in [1.29, 1.82) is 0 Å². The third-order valence-electron chi connectivity index (χ3n) is 2.84. The predicted molar refractivity (Wildman–Crippen MR) is 58.0 cm³/mol. The summed E-state index contributed by atoms with van der Waals surface area (Å²) in [5.41, 5.74) is 3.13. The molecule has 3 rings (SSSR count). The second kappa shape index (κ2) is 3.94. The molecule has 0 fully saturated rings. The van der Waals surface area contributed by atoms with Crippen molar-refractivity contribution in [3.63, 3.8) is 0 Å². The molecule has 0 atom stereocenters. The molecule has 3 heterocycles. The molecule has 0 aromatic rings. The van der Waals surface area contributed by atoms with Crippen LogP contribution >= 0.6 is 0 Å². The molecular weight excluding hydrogens is 225 g/mol. The summed E-state index contributed by atoms with van der Waals surface area (Å²) < 4.78 is 16.2. The lowest BCUT2D eigenvalue weighted by Crippen LogP contribution is -2.30. The first kappa shape index (κ1) is 10.4. The van der Waals surface area contributed by atoms with Gasteiger partial charge in [0.15, 0.2) is 0 Å². The zero-order valence-corrected chi connectivity index (χ0v) is 8.93. The van der Waals surface area contributed by atoms with Gasteiger partial charge in [-0.3, -0.25) is 5.32 Å². The lowest BCUT2D eigenvalue weighted by molar-refractivity contribution is 0.196. The Labute approximate surface area is 97.7 Å². The summed E-state index contributed by atoms with van der Waals surface area (Å²) in [6, 6.07) is 0. The van der Waals surface area contributed by atoms with Crippen LogP contribution in [0.3, 0.4) is 0 Å². The molecule has 3 aliphatic rings. The number of allylic oxidation sites excluding steroid dienone is 1. The van der Waals surface area contributed by atoms with Gasteiger partial charge in [0.2, 0.25) is 0 Å². The first-order chi connectivity index (χ1) is 8.25. The molecule has 0 spiro atoms. The van der Waals surface area contributed by atoms with E-state index < -0.39 is 13.2 Å². The minimum atomic E-state index is -1.12. The van der Waals surface area contributed by atoms with Gasteiger partial charge in [0.05, 0.1) is 18.9 Å².